The van der Waals surface area contributed by atoms with E-state index in [0.717, 1.165) is 6.42 Å². The molecule has 110 valence electrons. The minimum atomic E-state index is -0.536. The smallest absolute Gasteiger partial charge is 0.410 e. The van der Waals surface area contributed by atoms with Crippen molar-refractivity contribution >= 4 is 11.9 Å². The molecule has 1 rings (SSSR count). The summed E-state index contributed by atoms with van der Waals surface area (Å²) in [5, 5.41) is 0. The zero-order chi connectivity index (χ0) is 15.1. The number of nitrogens with zero attached hydrogens (tertiary/aromatic N) is 1. The third kappa shape index (κ3) is 4.51. The first-order valence-electron chi connectivity index (χ1n) is 6.84. The van der Waals surface area contributed by atoms with E-state index in [2.05, 4.69) is 13.8 Å². The number of carbonyl (C=O) groups excluding carboxylic acids is 2. The van der Waals surface area contributed by atoms with E-state index >= 15 is 0 Å². The molecule has 4 nitrogen and oxygen atoms in total. The van der Waals surface area contributed by atoms with Crippen LogP contribution >= 0.6 is 0 Å². The lowest BCUT2D eigenvalue weighted by molar-refractivity contribution is -0.127. The molecule has 0 saturated carbocycles. The summed E-state index contributed by atoms with van der Waals surface area (Å²) in [6.45, 7) is 14.3. The van der Waals surface area contributed by atoms with Crippen LogP contribution in [0.4, 0.5) is 4.79 Å². The van der Waals surface area contributed by atoms with Crippen molar-refractivity contribution in [2.24, 2.45) is 10.8 Å². The van der Waals surface area contributed by atoms with Gasteiger partial charge in [-0.2, -0.15) is 0 Å². The summed E-state index contributed by atoms with van der Waals surface area (Å²) in [4.78, 5) is 26.0. The summed E-state index contributed by atoms with van der Waals surface area (Å²) in [5.41, 5.74) is -1.01. The first-order chi connectivity index (χ1) is 8.32. The van der Waals surface area contributed by atoms with Gasteiger partial charge in [-0.3, -0.25) is 4.79 Å². The second-order valence-corrected chi connectivity index (χ2v) is 7.98. The number of carbonyl (C=O) groups is 2. The number of ketones is 1. The molecule has 0 N–H and O–H groups in total. The number of Topliss-reactive ketones (excluding diaryl/α,β-unsaturated/α-hetero) is 1. The highest BCUT2D eigenvalue weighted by Crippen LogP contribution is 2.38. The van der Waals surface area contributed by atoms with Gasteiger partial charge in [0.25, 0.3) is 0 Å². The van der Waals surface area contributed by atoms with Gasteiger partial charge in [0.15, 0.2) is 5.78 Å². The highest BCUT2D eigenvalue weighted by atomic mass is 16.6. The van der Waals surface area contributed by atoms with Gasteiger partial charge in [0.05, 0.1) is 6.54 Å². The third-order valence-corrected chi connectivity index (χ3v) is 3.28. The summed E-state index contributed by atoms with van der Waals surface area (Å²) in [6, 6.07) is 0. The van der Waals surface area contributed by atoms with E-state index in [0.29, 0.717) is 6.54 Å². The Balaban J connectivity index is 2.91. The lowest BCUT2D eigenvalue weighted by atomic mass is 9.74. The van der Waals surface area contributed by atoms with Crippen LogP contribution in [0.15, 0.2) is 0 Å². The van der Waals surface area contributed by atoms with Gasteiger partial charge in [0.2, 0.25) is 0 Å². The van der Waals surface area contributed by atoms with E-state index in [1.165, 1.54) is 0 Å². The van der Waals surface area contributed by atoms with Crippen LogP contribution in [-0.4, -0.2) is 35.5 Å². The van der Waals surface area contributed by atoms with Crippen LogP contribution < -0.4 is 0 Å². The van der Waals surface area contributed by atoms with Crippen molar-refractivity contribution in [3.8, 4) is 0 Å². The highest BCUT2D eigenvalue weighted by Gasteiger charge is 2.41. The number of likely N-dealkylation sites (tertiary alicyclic amines) is 1. The first kappa shape index (κ1) is 16.0. The first-order valence-corrected chi connectivity index (χ1v) is 6.84. The van der Waals surface area contributed by atoms with Crippen LogP contribution in [0.3, 0.4) is 0 Å². The van der Waals surface area contributed by atoms with Crippen LogP contribution in [0, 0.1) is 10.8 Å². The van der Waals surface area contributed by atoms with Crippen molar-refractivity contribution in [3.63, 3.8) is 0 Å². The molecule has 1 aliphatic heterocycles. The second kappa shape index (κ2) is 4.80. The van der Waals surface area contributed by atoms with Gasteiger partial charge < -0.3 is 9.64 Å². The van der Waals surface area contributed by atoms with Crippen LogP contribution in [0.2, 0.25) is 0 Å². The fraction of sp³-hybridized carbons (Fsp3) is 0.867. The summed E-state index contributed by atoms with van der Waals surface area (Å²) in [6.07, 6.45) is 0.379. The summed E-state index contributed by atoms with van der Waals surface area (Å²) >= 11 is 0. The average Bonchev–Trinajstić information content (AvgIpc) is 2.17. The van der Waals surface area contributed by atoms with Gasteiger partial charge in [-0.05, 0) is 32.6 Å². The lowest BCUT2D eigenvalue weighted by Gasteiger charge is -2.32. The average molecular weight is 269 g/mol. The van der Waals surface area contributed by atoms with Crippen molar-refractivity contribution in [2.45, 2.75) is 60.5 Å². The summed E-state index contributed by atoms with van der Waals surface area (Å²) in [7, 11) is 0. The molecule has 1 fully saturated rings. The molecule has 0 aliphatic carbocycles. The molecule has 19 heavy (non-hydrogen) atoms. The van der Waals surface area contributed by atoms with Gasteiger partial charge >= 0.3 is 6.09 Å². The maximum absolute atomic E-state index is 12.3. The Bertz CT molecular complexity index is 377. The number of ether oxygens (including phenoxy) is 1. The Morgan fingerprint density at radius 2 is 1.74 bits per heavy atom. The molecule has 0 radical (unpaired) electrons. The SMILES string of the molecule is CC1(C)CN(C(=O)OC(C)(C)C)CC(=O)C(C)(C)C1. The van der Waals surface area contributed by atoms with E-state index in [9.17, 15) is 9.59 Å². The monoisotopic (exact) mass is 269 g/mol. The van der Waals surface area contributed by atoms with Crippen molar-refractivity contribution in [1.82, 2.24) is 4.90 Å². The van der Waals surface area contributed by atoms with Gasteiger partial charge in [-0.15, -0.1) is 0 Å². The molecular weight excluding hydrogens is 242 g/mol. The van der Waals surface area contributed by atoms with Crippen LogP contribution in [0.1, 0.15) is 54.9 Å². The van der Waals surface area contributed by atoms with Gasteiger partial charge in [0, 0.05) is 12.0 Å². The maximum atomic E-state index is 12.3. The quantitative estimate of drug-likeness (QED) is 0.678. The van der Waals surface area contributed by atoms with Gasteiger partial charge in [-0.25, -0.2) is 4.79 Å². The van der Waals surface area contributed by atoms with E-state index in [1.54, 1.807) is 4.90 Å². The summed E-state index contributed by atoms with van der Waals surface area (Å²) < 4.78 is 5.38. The molecule has 0 aromatic rings. The molecule has 0 bridgehead atoms. The fourth-order valence-corrected chi connectivity index (χ4v) is 2.77. The molecule has 1 aliphatic rings. The Morgan fingerprint density at radius 3 is 2.21 bits per heavy atom. The van der Waals surface area contributed by atoms with E-state index in [4.69, 9.17) is 4.74 Å². The number of hydrogen-bond donors (Lipinski definition) is 0. The molecular formula is C15H27NO3. The van der Waals surface area contributed by atoms with Gasteiger partial charge in [-0.1, -0.05) is 27.7 Å². The van der Waals surface area contributed by atoms with Crippen LogP contribution in [-0.2, 0) is 9.53 Å². The topological polar surface area (TPSA) is 46.6 Å². The molecule has 0 unspecified atom stereocenters. The molecule has 0 aromatic carbocycles. The Hall–Kier alpha value is -1.06. The number of hydrogen-bond acceptors (Lipinski definition) is 3. The molecule has 1 heterocycles. The van der Waals surface area contributed by atoms with Gasteiger partial charge in [0.1, 0.15) is 5.60 Å². The van der Waals surface area contributed by atoms with Crippen molar-refractivity contribution in [2.75, 3.05) is 13.1 Å². The summed E-state index contributed by atoms with van der Waals surface area (Å²) in [5.74, 6) is 0.101. The number of rotatable bonds is 0. The second-order valence-electron chi connectivity index (χ2n) is 7.98. The zero-order valence-corrected chi connectivity index (χ0v) is 13.3. The Morgan fingerprint density at radius 1 is 1.21 bits per heavy atom. The fourth-order valence-electron chi connectivity index (χ4n) is 2.77. The zero-order valence-electron chi connectivity index (χ0n) is 13.3. The molecule has 1 amide bonds. The van der Waals surface area contributed by atoms with E-state index in [-0.39, 0.29) is 23.2 Å². The molecule has 1 saturated heterocycles. The normalized spacial score (nSPS) is 22.9. The minimum absolute atomic E-state index is 0.0907. The van der Waals surface area contributed by atoms with Crippen molar-refractivity contribution < 1.29 is 14.3 Å². The maximum Gasteiger partial charge on any atom is 0.410 e. The third-order valence-electron chi connectivity index (χ3n) is 3.28. The van der Waals surface area contributed by atoms with E-state index in [1.807, 2.05) is 34.6 Å². The van der Waals surface area contributed by atoms with E-state index < -0.39 is 11.7 Å². The number of amides is 1. The largest absolute Gasteiger partial charge is 0.444 e. The molecule has 0 aromatic heterocycles. The predicted molar refractivity (Wildman–Crippen MR) is 75.0 cm³/mol. The van der Waals surface area contributed by atoms with Crippen molar-refractivity contribution in [1.29, 1.82) is 0 Å². The Kier molecular flexibility index (Phi) is 4.04. The van der Waals surface area contributed by atoms with Crippen molar-refractivity contribution in [3.05, 3.63) is 0 Å². The lowest BCUT2D eigenvalue weighted by Crippen LogP contribution is -2.42. The van der Waals surface area contributed by atoms with Crippen LogP contribution in [0.25, 0.3) is 0 Å². The molecule has 0 atom stereocenters. The standard InChI is InChI=1S/C15H27NO3/c1-13(2,3)19-12(18)16-8-11(17)15(6,7)9-14(4,5)10-16/h8-10H2,1-7H3. The molecule has 0 spiro atoms. The minimum Gasteiger partial charge on any atom is -0.444 e. The van der Waals surface area contributed by atoms with Crippen LogP contribution in [0.5, 0.6) is 0 Å². The highest BCUT2D eigenvalue weighted by molar-refractivity contribution is 5.89. The predicted octanol–water partition coefficient (Wildman–Crippen LogP) is 3.25. The molecule has 4 heteroatoms. The Labute approximate surface area is 116 Å².